The molecule has 2 N–H and O–H groups in total. The van der Waals surface area contributed by atoms with E-state index in [0.717, 1.165) is 13.0 Å². The quantitative estimate of drug-likeness (QED) is 0.547. The fourth-order valence-electron chi connectivity index (χ4n) is 1.46. The molecule has 0 aromatic carbocycles. The van der Waals surface area contributed by atoms with Crippen LogP contribution < -0.4 is 10.6 Å². The van der Waals surface area contributed by atoms with E-state index in [4.69, 9.17) is 13.3 Å². The van der Waals surface area contributed by atoms with E-state index >= 15 is 0 Å². The Kier molecular flexibility index (Phi) is 7.34. The van der Waals surface area contributed by atoms with Gasteiger partial charge in [-0.3, -0.25) is 0 Å². The summed E-state index contributed by atoms with van der Waals surface area (Å²) in [6.45, 7) is 0.899. The summed E-state index contributed by atoms with van der Waals surface area (Å²) >= 11 is 0. The van der Waals surface area contributed by atoms with Crippen molar-refractivity contribution in [3.05, 3.63) is 0 Å². The molecule has 0 rings (SSSR count). The first-order valence-corrected chi connectivity index (χ1v) is 6.48. The van der Waals surface area contributed by atoms with Crippen LogP contribution in [0.25, 0.3) is 0 Å². The van der Waals surface area contributed by atoms with Gasteiger partial charge in [0.15, 0.2) is 0 Å². The number of hydrogen-bond acceptors (Lipinski definition) is 5. The van der Waals surface area contributed by atoms with E-state index in [9.17, 15) is 0 Å². The first-order valence-electron chi connectivity index (χ1n) is 4.68. The van der Waals surface area contributed by atoms with Crippen LogP contribution in [0, 0.1) is 0 Å². The monoisotopic (exact) mass is 222 g/mol. The highest BCUT2D eigenvalue weighted by Gasteiger charge is 2.46. The summed E-state index contributed by atoms with van der Waals surface area (Å²) in [5.41, 5.74) is 0.120. The first-order chi connectivity index (χ1) is 6.70. The molecule has 0 radical (unpaired) electrons. The molecule has 5 nitrogen and oxygen atoms in total. The molecule has 0 aliphatic carbocycles. The lowest BCUT2D eigenvalue weighted by molar-refractivity contribution is 0.107. The Balaban J connectivity index is 4.40. The van der Waals surface area contributed by atoms with E-state index in [-0.39, 0.29) is 5.67 Å². The Labute approximate surface area is 87.5 Å². The topological polar surface area (TPSA) is 51.8 Å². The molecule has 0 saturated carbocycles. The largest absolute Gasteiger partial charge is 0.518 e. The van der Waals surface area contributed by atoms with E-state index in [1.54, 1.807) is 21.3 Å². The average Bonchev–Trinajstić information content (AvgIpc) is 2.25. The zero-order valence-corrected chi connectivity index (χ0v) is 10.7. The van der Waals surface area contributed by atoms with Crippen LogP contribution in [0.3, 0.4) is 0 Å². The second-order valence-corrected chi connectivity index (χ2v) is 6.08. The van der Waals surface area contributed by atoms with Gasteiger partial charge in [-0.1, -0.05) is 0 Å². The van der Waals surface area contributed by atoms with Crippen molar-refractivity contribution in [3.8, 4) is 0 Å². The summed E-state index contributed by atoms with van der Waals surface area (Å²) in [5, 5.41) is 6.27. The Morgan fingerprint density at radius 3 is 1.86 bits per heavy atom. The molecule has 0 aliphatic rings. The van der Waals surface area contributed by atoms with Crippen LogP contribution in [-0.4, -0.2) is 56.4 Å². The maximum atomic E-state index is 5.39. The van der Waals surface area contributed by atoms with E-state index in [1.807, 2.05) is 14.1 Å². The van der Waals surface area contributed by atoms with Crippen molar-refractivity contribution in [2.24, 2.45) is 0 Å². The molecule has 1 unspecified atom stereocenters. The molecule has 0 fully saturated rings. The number of hydrogen-bond donors (Lipinski definition) is 2. The second-order valence-electron chi connectivity index (χ2n) is 2.95. The minimum atomic E-state index is -2.54. The third-order valence-corrected chi connectivity index (χ3v) is 5.45. The molecular formula is C8H22N2O3Si. The van der Waals surface area contributed by atoms with Gasteiger partial charge in [-0.25, -0.2) is 0 Å². The highest BCUT2D eigenvalue weighted by Crippen LogP contribution is 2.13. The zero-order valence-electron chi connectivity index (χ0n) is 9.72. The highest BCUT2D eigenvalue weighted by atomic mass is 28.4. The highest BCUT2D eigenvalue weighted by molar-refractivity contribution is 6.62. The van der Waals surface area contributed by atoms with Crippen LogP contribution in [0.1, 0.15) is 6.42 Å². The van der Waals surface area contributed by atoms with Crippen molar-refractivity contribution in [2.75, 3.05) is 42.0 Å². The van der Waals surface area contributed by atoms with Gasteiger partial charge < -0.3 is 23.9 Å². The summed E-state index contributed by atoms with van der Waals surface area (Å²) < 4.78 is 16.2. The predicted octanol–water partition coefficient (Wildman–Crippen LogP) is -0.399. The van der Waals surface area contributed by atoms with Gasteiger partial charge in [0.05, 0.1) is 5.67 Å². The predicted molar refractivity (Wildman–Crippen MR) is 58.2 cm³/mol. The van der Waals surface area contributed by atoms with Gasteiger partial charge in [-0.05, 0) is 27.1 Å². The zero-order chi connectivity index (χ0) is 11.0. The Bertz CT molecular complexity index is 136. The molecule has 0 aromatic rings. The van der Waals surface area contributed by atoms with Gasteiger partial charge in [0, 0.05) is 21.3 Å². The third-order valence-electron chi connectivity index (χ3n) is 2.31. The van der Waals surface area contributed by atoms with Gasteiger partial charge in [0.25, 0.3) is 0 Å². The van der Waals surface area contributed by atoms with Crippen molar-refractivity contribution in [2.45, 2.75) is 12.1 Å². The maximum Gasteiger partial charge on any atom is 0.518 e. The molecule has 0 aliphatic heterocycles. The van der Waals surface area contributed by atoms with Crippen molar-refractivity contribution in [3.63, 3.8) is 0 Å². The van der Waals surface area contributed by atoms with Crippen LogP contribution in [0.2, 0.25) is 0 Å². The summed E-state index contributed by atoms with van der Waals surface area (Å²) in [7, 11) is 6.16. The molecule has 0 spiro atoms. The van der Waals surface area contributed by atoms with Gasteiger partial charge in [-0.15, -0.1) is 0 Å². The van der Waals surface area contributed by atoms with Crippen molar-refractivity contribution in [1.29, 1.82) is 0 Å². The molecule has 86 valence electrons. The minimum Gasteiger partial charge on any atom is -0.376 e. The fourth-order valence-corrected chi connectivity index (χ4v) is 3.67. The summed E-state index contributed by atoms with van der Waals surface area (Å²) in [4.78, 5) is 0. The Morgan fingerprint density at radius 2 is 1.57 bits per heavy atom. The van der Waals surface area contributed by atoms with Gasteiger partial charge in [0.1, 0.15) is 0 Å². The summed E-state index contributed by atoms with van der Waals surface area (Å²) in [6.07, 6.45) is 0.911. The molecule has 1 atom stereocenters. The van der Waals surface area contributed by atoms with Crippen molar-refractivity contribution >= 4 is 8.80 Å². The lowest BCUT2D eigenvalue weighted by Crippen LogP contribution is -2.60. The smallest absolute Gasteiger partial charge is 0.376 e. The Hall–Kier alpha value is 0.0169. The van der Waals surface area contributed by atoms with E-state index in [0.29, 0.717) is 0 Å². The minimum absolute atomic E-state index is 0.120. The number of rotatable bonds is 8. The average molecular weight is 222 g/mol. The van der Waals surface area contributed by atoms with Crippen molar-refractivity contribution in [1.82, 2.24) is 10.6 Å². The fraction of sp³-hybridized carbons (Fsp3) is 1.00. The summed E-state index contributed by atoms with van der Waals surface area (Å²) in [6, 6.07) is 0. The lowest BCUT2D eigenvalue weighted by atomic mass is 10.4. The molecule has 14 heavy (non-hydrogen) atoms. The summed E-state index contributed by atoms with van der Waals surface area (Å²) in [5.74, 6) is 0. The Morgan fingerprint density at radius 1 is 1.07 bits per heavy atom. The van der Waals surface area contributed by atoms with E-state index < -0.39 is 8.80 Å². The molecule has 0 heterocycles. The molecule has 0 bridgehead atoms. The molecule has 6 heteroatoms. The normalized spacial score (nSPS) is 14.4. The number of nitrogens with one attached hydrogen (secondary N) is 2. The maximum absolute atomic E-state index is 5.39. The SMILES string of the molecule is CNCCC(NC)[Si](OC)(OC)OC. The van der Waals surface area contributed by atoms with E-state index in [2.05, 4.69) is 10.6 Å². The van der Waals surface area contributed by atoms with Crippen LogP contribution in [0.4, 0.5) is 0 Å². The van der Waals surface area contributed by atoms with Crippen LogP contribution in [-0.2, 0) is 13.3 Å². The second kappa shape index (κ2) is 7.33. The molecule has 0 aromatic heterocycles. The van der Waals surface area contributed by atoms with Gasteiger partial charge in [-0.2, -0.15) is 0 Å². The lowest BCUT2D eigenvalue weighted by Gasteiger charge is -2.32. The first kappa shape index (κ1) is 14.0. The van der Waals surface area contributed by atoms with Crippen LogP contribution in [0.5, 0.6) is 0 Å². The molecule has 0 saturated heterocycles. The van der Waals surface area contributed by atoms with Gasteiger partial charge >= 0.3 is 8.80 Å². The third kappa shape index (κ3) is 3.30. The molecule has 0 amide bonds. The van der Waals surface area contributed by atoms with Crippen LogP contribution >= 0.6 is 0 Å². The van der Waals surface area contributed by atoms with Crippen LogP contribution in [0.15, 0.2) is 0 Å². The van der Waals surface area contributed by atoms with Crippen molar-refractivity contribution < 1.29 is 13.3 Å². The molecular weight excluding hydrogens is 200 g/mol. The standard InChI is InChI=1S/C8H22N2O3Si/c1-9-7-6-8(10-2)14(11-3,12-4)13-5/h8-10H,6-7H2,1-5H3. The van der Waals surface area contributed by atoms with Gasteiger partial charge in [0.2, 0.25) is 0 Å². The van der Waals surface area contributed by atoms with E-state index in [1.165, 1.54) is 0 Å².